The number of rotatable bonds is 6. The molecule has 0 aromatic rings. The van der Waals surface area contributed by atoms with E-state index < -0.39 is 0 Å². The number of hydrogen-bond donors (Lipinski definition) is 1. The molecule has 0 atom stereocenters. The fourth-order valence-electron chi connectivity index (χ4n) is 0.791. The van der Waals surface area contributed by atoms with Gasteiger partial charge in [0.15, 0.2) is 0 Å². The van der Waals surface area contributed by atoms with Crippen molar-refractivity contribution < 1.29 is 19.2 Å². The van der Waals surface area contributed by atoms with Crippen molar-refractivity contribution in [2.75, 3.05) is 13.7 Å². The summed E-state index contributed by atoms with van der Waals surface area (Å²) in [6, 6.07) is 0. The van der Waals surface area contributed by atoms with E-state index in [-0.39, 0.29) is 24.7 Å². The van der Waals surface area contributed by atoms with Gasteiger partial charge in [0.2, 0.25) is 5.91 Å². The van der Waals surface area contributed by atoms with E-state index in [0.29, 0.717) is 13.0 Å². The van der Waals surface area contributed by atoms with Crippen LogP contribution in [0.4, 0.5) is 0 Å². The van der Waals surface area contributed by atoms with Crippen LogP contribution in [0.15, 0.2) is 0 Å². The molecule has 0 radical (unpaired) electrons. The number of hydrogen-bond acceptors (Lipinski definition) is 4. The van der Waals surface area contributed by atoms with Gasteiger partial charge in [0.1, 0.15) is 0 Å². The number of carbonyl (C=O) groups is 2. The number of carbonyl (C=O) groups excluding carboxylic acids is 2. The van der Waals surface area contributed by atoms with Crippen molar-refractivity contribution in [3.8, 4) is 0 Å². The zero-order valence-electron chi connectivity index (χ0n) is 7.96. The molecule has 5 nitrogen and oxygen atoms in total. The normalized spacial score (nSPS) is 9.38. The van der Waals surface area contributed by atoms with Crippen LogP contribution >= 0.6 is 0 Å². The number of esters is 1. The second-order valence-corrected chi connectivity index (χ2v) is 2.39. The predicted octanol–water partition coefficient (Wildman–Crippen LogP) is 0.397. The molecule has 1 amide bonds. The highest BCUT2D eigenvalue weighted by Gasteiger charge is 2.04. The van der Waals surface area contributed by atoms with Gasteiger partial charge in [-0.1, -0.05) is 0 Å². The molecule has 0 heterocycles. The molecular weight excluding hydrogens is 174 g/mol. The van der Waals surface area contributed by atoms with Crippen LogP contribution in [0.2, 0.25) is 0 Å². The van der Waals surface area contributed by atoms with Crippen LogP contribution in [0, 0.1) is 0 Å². The van der Waals surface area contributed by atoms with E-state index in [2.05, 4.69) is 15.1 Å². The molecule has 0 aromatic heterocycles. The Morgan fingerprint density at radius 3 is 2.54 bits per heavy atom. The molecule has 0 unspecified atom stereocenters. The maximum absolute atomic E-state index is 10.8. The highest BCUT2D eigenvalue weighted by molar-refractivity contribution is 5.76. The van der Waals surface area contributed by atoms with Gasteiger partial charge in [-0.3, -0.25) is 14.4 Å². The standard InChI is InChI=1S/C8H15NO4/c1-3-13-8(11)6-4-5-7(10)9-12-2/h3-6H2,1-2H3,(H,9,10). The lowest BCUT2D eigenvalue weighted by molar-refractivity contribution is -0.143. The Hall–Kier alpha value is -1.10. The van der Waals surface area contributed by atoms with Gasteiger partial charge in [0, 0.05) is 12.8 Å². The molecule has 1 N–H and O–H groups in total. The van der Waals surface area contributed by atoms with Crippen LogP contribution < -0.4 is 5.48 Å². The number of ether oxygens (including phenoxy) is 1. The first-order valence-electron chi connectivity index (χ1n) is 4.18. The Balaban J connectivity index is 3.33. The van der Waals surface area contributed by atoms with Gasteiger partial charge in [0.05, 0.1) is 13.7 Å². The summed E-state index contributed by atoms with van der Waals surface area (Å²) < 4.78 is 4.68. The first-order chi connectivity index (χ1) is 6.20. The molecule has 13 heavy (non-hydrogen) atoms. The van der Waals surface area contributed by atoms with Gasteiger partial charge in [-0.05, 0) is 13.3 Å². The van der Waals surface area contributed by atoms with Gasteiger partial charge < -0.3 is 4.74 Å². The van der Waals surface area contributed by atoms with Crippen LogP contribution in [0.5, 0.6) is 0 Å². The van der Waals surface area contributed by atoms with Crippen molar-refractivity contribution in [2.45, 2.75) is 26.2 Å². The fourth-order valence-corrected chi connectivity index (χ4v) is 0.791. The molecule has 76 valence electrons. The lowest BCUT2D eigenvalue weighted by Crippen LogP contribution is -2.21. The Morgan fingerprint density at radius 1 is 1.31 bits per heavy atom. The van der Waals surface area contributed by atoms with Crippen molar-refractivity contribution >= 4 is 11.9 Å². The van der Waals surface area contributed by atoms with Crippen LogP contribution in [-0.4, -0.2) is 25.6 Å². The number of hydroxylamine groups is 1. The Labute approximate surface area is 77.3 Å². The molecule has 0 bridgehead atoms. The van der Waals surface area contributed by atoms with E-state index in [1.165, 1.54) is 7.11 Å². The topological polar surface area (TPSA) is 64.6 Å². The SMILES string of the molecule is CCOC(=O)CCCC(=O)NOC. The van der Waals surface area contributed by atoms with Gasteiger partial charge in [0.25, 0.3) is 0 Å². The maximum atomic E-state index is 10.8. The third-order valence-corrected chi connectivity index (χ3v) is 1.31. The molecule has 0 saturated heterocycles. The number of amides is 1. The van der Waals surface area contributed by atoms with E-state index in [9.17, 15) is 9.59 Å². The second kappa shape index (κ2) is 7.54. The van der Waals surface area contributed by atoms with Gasteiger partial charge in [-0.25, -0.2) is 5.48 Å². The molecule has 0 spiro atoms. The van der Waals surface area contributed by atoms with E-state index in [4.69, 9.17) is 0 Å². The van der Waals surface area contributed by atoms with E-state index >= 15 is 0 Å². The summed E-state index contributed by atoms with van der Waals surface area (Å²) in [5.41, 5.74) is 2.16. The minimum absolute atomic E-state index is 0.230. The van der Waals surface area contributed by atoms with Gasteiger partial charge in [-0.15, -0.1) is 0 Å². The smallest absolute Gasteiger partial charge is 0.305 e. The Kier molecular flexibility index (Phi) is 6.91. The monoisotopic (exact) mass is 189 g/mol. The third-order valence-electron chi connectivity index (χ3n) is 1.31. The molecule has 0 aliphatic rings. The summed E-state index contributed by atoms with van der Waals surface area (Å²) in [7, 11) is 1.36. The summed E-state index contributed by atoms with van der Waals surface area (Å²) in [4.78, 5) is 26.0. The van der Waals surface area contributed by atoms with E-state index in [1.54, 1.807) is 6.92 Å². The summed E-state index contributed by atoms with van der Waals surface area (Å²) >= 11 is 0. The van der Waals surface area contributed by atoms with Crippen LogP contribution in [-0.2, 0) is 19.2 Å². The molecule has 5 heteroatoms. The highest BCUT2D eigenvalue weighted by Crippen LogP contribution is 1.97. The van der Waals surface area contributed by atoms with Crippen molar-refractivity contribution in [3.63, 3.8) is 0 Å². The lowest BCUT2D eigenvalue weighted by atomic mass is 10.2. The largest absolute Gasteiger partial charge is 0.466 e. The van der Waals surface area contributed by atoms with E-state index in [1.807, 2.05) is 0 Å². The average molecular weight is 189 g/mol. The summed E-state index contributed by atoms with van der Waals surface area (Å²) in [6.07, 6.45) is 1.02. The fraction of sp³-hybridized carbons (Fsp3) is 0.750. The van der Waals surface area contributed by atoms with Crippen molar-refractivity contribution in [1.29, 1.82) is 0 Å². The first kappa shape index (κ1) is 11.9. The second-order valence-electron chi connectivity index (χ2n) is 2.39. The molecule has 0 rings (SSSR count). The summed E-state index contributed by atoms with van der Waals surface area (Å²) in [5, 5.41) is 0. The summed E-state index contributed by atoms with van der Waals surface area (Å²) in [6.45, 7) is 2.12. The zero-order chi connectivity index (χ0) is 10.1. The minimum atomic E-state index is -0.271. The average Bonchev–Trinajstić information content (AvgIpc) is 2.05. The lowest BCUT2D eigenvalue weighted by Gasteiger charge is -2.01. The van der Waals surface area contributed by atoms with Crippen LogP contribution in [0.3, 0.4) is 0 Å². The van der Waals surface area contributed by atoms with Crippen LogP contribution in [0.1, 0.15) is 26.2 Å². The van der Waals surface area contributed by atoms with Gasteiger partial charge in [-0.2, -0.15) is 0 Å². The van der Waals surface area contributed by atoms with Crippen molar-refractivity contribution in [1.82, 2.24) is 5.48 Å². The summed E-state index contributed by atoms with van der Waals surface area (Å²) in [5.74, 6) is -0.500. The quantitative estimate of drug-likeness (QED) is 0.485. The molecule has 0 aromatic carbocycles. The minimum Gasteiger partial charge on any atom is -0.466 e. The molecule has 0 fully saturated rings. The van der Waals surface area contributed by atoms with E-state index in [0.717, 1.165) is 0 Å². The molecule has 0 aliphatic heterocycles. The third kappa shape index (κ3) is 7.27. The van der Waals surface area contributed by atoms with Crippen LogP contribution in [0.25, 0.3) is 0 Å². The van der Waals surface area contributed by atoms with Crippen molar-refractivity contribution in [2.24, 2.45) is 0 Å². The van der Waals surface area contributed by atoms with Gasteiger partial charge >= 0.3 is 5.97 Å². The Morgan fingerprint density at radius 2 is 2.00 bits per heavy atom. The number of nitrogens with one attached hydrogen (secondary N) is 1. The van der Waals surface area contributed by atoms with Crippen molar-refractivity contribution in [3.05, 3.63) is 0 Å². The molecular formula is C8H15NO4. The predicted molar refractivity (Wildman–Crippen MR) is 45.6 cm³/mol. The zero-order valence-corrected chi connectivity index (χ0v) is 7.96. The molecule has 0 aliphatic carbocycles. The molecule has 0 saturated carbocycles. The maximum Gasteiger partial charge on any atom is 0.305 e. The first-order valence-corrected chi connectivity index (χ1v) is 4.18. The Bertz CT molecular complexity index is 152. The highest BCUT2D eigenvalue weighted by atomic mass is 16.6.